The van der Waals surface area contributed by atoms with Crippen LogP contribution in [0.2, 0.25) is 0 Å². The van der Waals surface area contributed by atoms with Crippen molar-refractivity contribution in [2.24, 2.45) is 0 Å². The summed E-state index contributed by atoms with van der Waals surface area (Å²) < 4.78 is 0.729. The maximum atomic E-state index is 4.55. The summed E-state index contributed by atoms with van der Waals surface area (Å²) in [7, 11) is 0. The van der Waals surface area contributed by atoms with Crippen molar-refractivity contribution in [3.05, 3.63) is 11.1 Å². The van der Waals surface area contributed by atoms with Crippen LogP contribution in [0.15, 0.2) is 11.1 Å². The first-order valence-electron chi connectivity index (χ1n) is 1.00. The van der Waals surface area contributed by atoms with E-state index in [1.807, 2.05) is 0 Å². The van der Waals surface area contributed by atoms with E-state index in [2.05, 4.69) is 22.6 Å². The van der Waals surface area contributed by atoms with Crippen LogP contribution in [0.25, 0.3) is 0 Å². The molecule has 0 saturated carbocycles. The predicted octanol–water partition coefficient (Wildman–Crippen LogP) is 1.07. The number of rotatable bonds is 0. The van der Waals surface area contributed by atoms with Gasteiger partial charge in [-0.2, -0.15) is 0 Å². The molecule has 28 valence electrons. The molecule has 0 aliphatic heterocycles. The zero-order valence-corrected chi connectivity index (χ0v) is 3.45. The van der Waals surface area contributed by atoms with Crippen LogP contribution in [0.4, 0.5) is 0 Å². The Labute approximate surface area is 34.7 Å². The van der Waals surface area contributed by atoms with Crippen molar-refractivity contribution in [3.8, 4) is 0 Å². The zero-order valence-electron chi connectivity index (χ0n) is 2.51. The van der Waals surface area contributed by atoms with E-state index in [0.717, 1.165) is 4.47 Å². The van der Waals surface area contributed by atoms with E-state index >= 15 is 0 Å². The fraction of sp³-hybridized carbons (Fsp3) is 0.333. The van der Waals surface area contributed by atoms with Crippen molar-refractivity contribution in [2.45, 2.75) is 6.92 Å². The molecule has 0 amide bonds. The second-order valence-electron chi connectivity index (χ2n) is 0.611. The van der Waals surface area contributed by atoms with Crippen molar-refractivity contribution in [1.29, 1.82) is 0 Å². The molecule has 0 aromatic carbocycles. The topological polar surface area (TPSA) is 0 Å². The molecule has 1 heteroatoms. The molecular weight excluding hydrogens is 99.6 g/mol. The third kappa shape index (κ3) is 53.2. The minimum atomic E-state index is 0.729. The summed E-state index contributed by atoms with van der Waals surface area (Å²) in [4.78, 5) is 0. The van der Waals surface area contributed by atoms with E-state index in [0.29, 0.717) is 0 Å². The van der Waals surface area contributed by atoms with Crippen molar-refractivity contribution in [1.82, 2.24) is 0 Å². The molecule has 0 spiro atoms. The Morgan fingerprint density at radius 3 is 2.00 bits per heavy atom. The van der Waals surface area contributed by atoms with Crippen LogP contribution >= 0.6 is 0 Å². The van der Waals surface area contributed by atoms with Gasteiger partial charge in [-0.25, -0.2) is 0 Å². The number of hydrogen-bond donors (Lipinski definition) is 0. The summed E-state index contributed by atoms with van der Waals surface area (Å²) in [6.45, 7) is 5.14. The van der Waals surface area contributed by atoms with Crippen LogP contribution in [0.5, 0.6) is 0 Å². The third-order valence-electron chi connectivity index (χ3n) is 0. The molecule has 0 aliphatic carbocycles. The van der Waals surface area contributed by atoms with Gasteiger partial charge in [0.2, 0.25) is 0 Å². The SMILES string of the molecule is C=[C](C)[Cu]. The van der Waals surface area contributed by atoms with E-state index in [4.69, 9.17) is 0 Å². The van der Waals surface area contributed by atoms with Crippen LogP contribution in [0.1, 0.15) is 6.92 Å². The Bertz CT molecular complexity index is 26.3. The number of allylic oxidation sites excluding steroid dienone is 1. The van der Waals surface area contributed by atoms with Gasteiger partial charge in [0, 0.05) is 0 Å². The van der Waals surface area contributed by atoms with Crippen LogP contribution in [0, 0.1) is 0 Å². The monoisotopic (exact) mass is 104 g/mol. The Morgan fingerprint density at radius 2 is 2.00 bits per heavy atom. The molecule has 0 bridgehead atoms. The van der Waals surface area contributed by atoms with Crippen molar-refractivity contribution in [3.63, 3.8) is 0 Å². The van der Waals surface area contributed by atoms with E-state index in [-0.39, 0.29) is 0 Å². The van der Waals surface area contributed by atoms with E-state index in [1.54, 1.807) is 6.92 Å². The van der Waals surface area contributed by atoms with Crippen LogP contribution in [-0.2, 0) is 16.0 Å². The normalized spacial score (nSPS) is 6.75. The minimum absolute atomic E-state index is 0.729. The summed E-state index contributed by atoms with van der Waals surface area (Å²) >= 11 is 4.55. The molecule has 0 aromatic heterocycles. The molecule has 0 aliphatic rings. The maximum absolute atomic E-state index is 4.55. The Morgan fingerprint density at radius 1 is 2.00 bits per heavy atom. The molecule has 0 nitrogen and oxygen atoms in total. The summed E-state index contributed by atoms with van der Waals surface area (Å²) in [5.74, 6) is 0. The molecule has 0 heterocycles. The van der Waals surface area contributed by atoms with Gasteiger partial charge in [-0.15, -0.1) is 0 Å². The standard InChI is InChI=1S/C3H5.Cu/c1-3-2;/h1H2,2H3;. The van der Waals surface area contributed by atoms with E-state index in [9.17, 15) is 0 Å². The molecule has 0 N–H and O–H groups in total. The molecule has 4 heavy (non-hydrogen) atoms. The zero-order chi connectivity index (χ0) is 3.58. The first-order valence-corrected chi connectivity index (χ1v) is 1.48. The second-order valence-corrected chi connectivity index (χ2v) is 1.41. The van der Waals surface area contributed by atoms with Gasteiger partial charge >= 0.3 is 34.0 Å². The molecule has 0 rings (SSSR count). The van der Waals surface area contributed by atoms with E-state index < -0.39 is 0 Å². The quantitative estimate of drug-likeness (QED) is 0.404. The molecule has 0 fully saturated rings. The van der Waals surface area contributed by atoms with Crippen LogP contribution < -0.4 is 0 Å². The Balaban J connectivity index is 2.80. The van der Waals surface area contributed by atoms with Crippen molar-refractivity contribution in [2.75, 3.05) is 0 Å². The van der Waals surface area contributed by atoms with Gasteiger partial charge in [0.05, 0.1) is 0 Å². The summed E-state index contributed by atoms with van der Waals surface area (Å²) in [6.07, 6.45) is 0. The first-order chi connectivity index (χ1) is 1.73. The molecular formula is C3H5Cu. The third-order valence-corrected chi connectivity index (χ3v) is 0. The Kier molecular flexibility index (Phi) is 1.67. The first kappa shape index (κ1) is 4.26. The average Bonchev–Trinajstić information content (AvgIpc) is 0.811. The molecule has 0 atom stereocenters. The van der Waals surface area contributed by atoms with Gasteiger partial charge in [-0.1, -0.05) is 0 Å². The molecule has 0 aromatic rings. The Hall–Kier alpha value is 0.259. The van der Waals surface area contributed by atoms with Crippen LogP contribution in [-0.4, -0.2) is 0 Å². The second kappa shape index (κ2) is 1.57. The summed E-state index contributed by atoms with van der Waals surface area (Å²) in [5.41, 5.74) is 0. The number of hydrogen-bond acceptors (Lipinski definition) is 0. The van der Waals surface area contributed by atoms with Gasteiger partial charge < -0.3 is 0 Å². The average molecular weight is 105 g/mol. The molecule has 0 unspecified atom stereocenters. The predicted molar refractivity (Wildman–Crippen MR) is 14.8 cm³/mol. The fourth-order valence-corrected chi connectivity index (χ4v) is 0. The summed E-state index contributed by atoms with van der Waals surface area (Å²) in [6, 6.07) is 0. The van der Waals surface area contributed by atoms with Gasteiger partial charge in [0.1, 0.15) is 0 Å². The molecule has 0 radical (unpaired) electrons. The van der Waals surface area contributed by atoms with E-state index in [1.165, 1.54) is 0 Å². The van der Waals surface area contributed by atoms with Gasteiger partial charge in [0.15, 0.2) is 0 Å². The summed E-state index contributed by atoms with van der Waals surface area (Å²) in [5, 5.41) is 0. The van der Waals surface area contributed by atoms with Crippen LogP contribution in [0.3, 0.4) is 0 Å². The van der Waals surface area contributed by atoms with Gasteiger partial charge in [-0.05, 0) is 0 Å². The van der Waals surface area contributed by atoms with Gasteiger partial charge in [-0.3, -0.25) is 0 Å². The van der Waals surface area contributed by atoms with Crippen molar-refractivity contribution >= 4 is 0 Å². The fourth-order valence-electron chi connectivity index (χ4n) is 0. The molecule has 0 saturated heterocycles. The van der Waals surface area contributed by atoms with Crippen molar-refractivity contribution < 1.29 is 16.0 Å². The van der Waals surface area contributed by atoms with Gasteiger partial charge in [0.25, 0.3) is 0 Å².